The van der Waals surface area contributed by atoms with Crippen LogP contribution in [0.25, 0.3) is 0 Å². The molecule has 8 heteroatoms. The van der Waals surface area contributed by atoms with Crippen LogP contribution in [0.15, 0.2) is 36.4 Å². The molecule has 1 saturated heterocycles. The summed E-state index contributed by atoms with van der Waals surface area (Å²) in [4.78, 5) is 59.5. The predicted molar refractivity (Wildman–Crippen MR) is 74.4 cm³/mol. The van der Waals surface area contributed by atoms with E-state index in [1.165, 1.54) is 24.3 Å². The number of imide groups is 2. The van der Waals surface area contributed by atoms with Gasteiger partial charge in [0.15, 0.2) is 11.7 Å². The Morgan fingerprint density at radius 2 is 1.78 bits per heavy atom. The second-order valence-corrected chi connectivity index (χ2v) is 5.06. The van der Waals surface area contributed by atoms with Crippen molar-refractivity contribution in [3.63, 3.8) is 0 Å². The van der Waals surface area contributed by atoms with Crippen LogP contribution in [0.3, 0.4) is 0 Å². The van der Waals surface area contributed by atoms with Crippen molar-refractivity contribution in [2.75, 3.05) is 4.90 Å². The molecule has 0 bridgehead atoms. The highest BCUT2D eigenvalue weighted by Gasteiger charge is 2.54. The number of Topliss-reactive ketones (excluding diaryl/α,β-unsaturated/α-hetero) is 1. The molecule has 8 nitrogen and oxygen atoms in total. The van der Waals surface area contributed by atoms with Crippen molar-refractivity contribution in [2.45, 2.75) is 6.42 Å². The quantitative estimate of drug-likeness (QED) is 0.274. The molecule has 1 atom stereocenters. The van der Waals surface area contributed by atoms with Gasteiger partial charge in [0.05, 0.1) is 12.1 Å². The summed E-state index contributed by atoms with van der Waals surface area (Å²) < 4.78 is 0. The van der Waals surface area contributed by atoms with Crippen LogP contribution in [0.4, 0.5) is 5.69 Å². The largest absolute Gasteiger partial charge is 0.417 e. The van der Waals surface area contributed by atoms with E-state index < -0.39 is 41.8 Å². The zero-order valence-electron chi connectivity index (χ0n) is 11.6. The van der Waals surface area contributed by atoms with Crippen molar-refractivity contribution < 1.29 is 29.2 Å². The van der Waals surface area contributed by atoms with Gasteiger partial charge in [-0.05, 0) is 12.1 Å². The zero-order chi connectivity index (χ0) is 16.7. The van der Waals surface area contributed by atoms with Crippen molar-refractivity contribution in [3.05, 3.63) is 42.0 Å². The molecule has 1 aromatic carbocycles. The highest BCUT2D eigenvalue weighted by Crippen LogP contribution is 2.25. The average molecular weight is 314 g/mol. The smallest absolute Gasteiger partial charge is 0.293 e. The van der Waals surface area contributed by atoms with E-state index in [1.807, 2.05) is 0 Å². The fourth-order valence-electron chi connectivity index (χ4n) is 2.48. The lowest BCUT2D eigenvalue weighted by atomic mass is 9.96. The summed E-state index contributed by atoms with van der Waals surface area (Å²) in [7, 11) is 0. The molecule has 115 valence electrons. The van der Waals surface area contributed by atoms with Crippen LogP contribution in [-0.2, 0) is 19.2 Å². The molecule has 1 fully saturated rings. The van der Waals surface area contributed by atoms with Gasteiger partial charge in [-0.15, -0.1) is 5.21 Å². The Morgan fingerprint density at radius 3 is 2.35 bits per heavy atom. The molecule has 0 aliphatic carbocycles. The van der Waals surface area contributed by atoms with Crippen molar-refractivity contribution >= 4 is 35.1 Å². The number of rotatable bonds is 3. The van der Waals surface area contributed by atoms with E-state index in [-0.39, 0.29) is 16.3 Å². The van der Waals surface area contributed by atoms with Crippen molar-refractivity contribution in [3.8, 4) is 0 Å². The van der Waals surface area contributed by atoms with E-state index >= 15 is 0 Å². The molecule has 1 radical (unpaired) electrons. The summed E-state index contributed by atoms with van der Waals surface area (Å²) in [5.41, 5.74) is 0.255. The van der Waals surface area contributed by atoms with Gasteiger partial charge in [0, 0.05) is 17.7 Å². The molecule has 3 rings (SSSR count). The lowest BCUT2D eigenvalue weighted by molar-refractivity contribution is -0.151. The summed E-state index contributed by atoms with van der Waals surface area (Å²) in [6, 6.07) is 5.63. The first-order chi connectivity index (χ1) is 10.9. The van der Waals surface area contributed by atoms with Crippen LogP contribution < -0.4 is 9.96 Å². The Morgan fingerprint density at radius 1 is 1.13 bits per heavy atom. The van der Waals surface area contributed by atoms with E-state index in [0.29, 0.717) is 0 Å². The van der Waals surface area contributed by atoms with Gasteiger partial charge in [0.1, 0.15) is 5.06 Å². The molecule has 1 N–H and O–H groups in total. The standard InChI is InChI=1S/C15H10N2O6/c18-11-4-5-12(19)16(11)9-3-1-2-8(6-9)14(21)10-7-13(20)17(23)15(10)22/h1-6,10,23H,7H2/q+1. The first-order valence-corrected chi connectivity index (χ1v) is 6.66. The van der Waals surface area contributed by atoms with E-state index in [4.69, 9.17) is 0 Å². The number of anilines is 1. The average Bonchev–Trinajstić information content (AvgIpc) is 3.00. The highest BCUT2D eigenvalue weighted by molar-refractivity contribution is 6.28. The molecular weight excluding hydrogens is 304 g/mol. The number of hydroxylamine groups is 2. The van der Waals surface area contributed by atoms with Gasteiger partial charge in [-0.1, -0.05) is 12.1 Å². The number of benzene rings is 1. The molecule has 2 aliphatic rings. The zero-order valence-corrected chi connectivity index (χ0v) is 11.6. The maximum atomic E-state index is 12.4. The Kier molecular flexibility index (Phi) is 3.47. The fourth-order valence-corrected chi connectivity index (χ4v) is 2.48. The third-order valence-electron chi connectivity index (χ3n) is 3.64. The highest BCUT2D eigenvalue weighted by atomic mass is 16.5. The number of hydrogen-bond acceptors (Lipinski definition) is 6. The molecular formula is C15H10N2O6+. The normalized spacial score (nSPS) is 21.6. The van der Waals surface area contributed by atoms with Gasteiger partial charge in [0.2, 0.25) is 0 Å². The topological polar surface area (TPSA) is 115 Å². The van der Waals surface area contributed by atoms with Crippen LogP contribution in [0.2, 0.25) is 0 Å². The molecule has 23 heavy (non-hydrogen) atoms. The third-order valence-corrected chi connectivity index (χ3v) is 3.64. The van der Waals surface area contributed by atoms with Gasteiger partial charge in [-0.2, -0.15) is 0 Å². The molecule has 0 saturated carbocycles. The van der Waals surface area contributed by atoms with E-state index in [2.05, 4.69) is 0 Å². The predicted octanol–water partition coefficient (Wildman–Crippen LogP) is -0.0989. The van der Waals surface area contributed by atoms with Crippen molar-refractivity contribution in [1.29, 1.82) is 0 Å². The maximum absolute atomic E-state index is 12.4. The Balaban J connectivity index is 1.90. The van der Waals surface area contributed by atoms with Gasteiger partial charge in [0.25, 0.3) is 11.8 Å². The first kappa shape index (κ1) is 14.9. The van der Waals surface area contributed by atoms with Crippen molar-refractivity contribution in [2.24, 2.45) is 5.92 Å². The second-order valence-electron chi connectivity index (χ2n) is 5.06. The van der Waals surface area contributed by atoms with E-state index in [1.54, 1.807) is 0 Å². The second kappa shape index (κ2) is 5.34. The Bertz CT molecular complexity index is 779. The third kappa shape index (κ3) is 2.39. The molecule has 4 amide bonds. The van der Waals surface area contributed by atoms with Gasteiger partial charge >= 0.3 is 11.8 Å². The van der Waals surface area contributed by atoms with Gasteiger partial charge < -0.3 is 0 Å². The summed E-state index contributed by atoms with van der Waals surface area (Å²) in [5.74, 6) is -4.86. The molecule has 0 spiro atoms. The molecule has 2 aliphatic heterocycles. The maximum Gasteiger partial charge on any atom is 0.417 e. The number of carbonyl (C=O) groups excluding carboxylic acids is 5. The summed E-state index contributed by atoms with van der Waals surface area (Å²) in [6.07, 6.45) is 1.81. The van der Waals surface area contributed by atoms with Crippen molar-refractivity contribution in [1.82, 2.24) is 5.06 Å². The monoisotopic (exact) mass is 314 g/mol. The lowest BCUT2D eigenvalue weighted by Gasteiger charge is -2.14. The summed E-state index contributed by atoms with van der Waals surface area (Å²) in [6.45, 7) is 0. The number of amides is 4. The number of carbonyl (C=O) groups is 5. The lowest BCUT2D eigenvalue weighted by Crippen LogP contribution is -2.34. The van der Waals surface area contributed by atoms with Crippen LogP contribution in [-0.4, -0.2) is 34.6 Å². The van der Waals surface area contributed by atoms with E-state index in [0.717, 1.165) is 17.1 Å². The number of ketones is 1. The van der Waals surface area contributed by atoms with Crippen LogP contribution in [0.1, 0.15) is 16.8 Å². The number of hydrogen-bond donors (Lipinski definition) is 1. The molecule has 2 heterocycles. The van der Waals surface area contributed by atoms with Gasteiger partial charge in [-0.25, -0.2) is 14.5 Å². The first-order valence-electron chi connectivity index (χ1n) is 6.66. The summed E-state index contributed by atoms with van der Waals surface area (Å²) in [5, 5.41) is 9.14. The number of nitrogens with zero attached hydrogens (tertiary/aromatic N) is 2. The fraction of sp³-hybridized carbons (Fsp3) is 0.133. The van der Waals surface area contributed by atoms with Gasteiger partial charge in [-0.3, -0.25) is 14.4 Å². The Hall–Kier alpha value is -2.97. The molecule has 0 aromatic heterocycles. The van der Waals surface area contributed by atoms with Crippen LogP contribution in [0.5, 0.6) is 0 Å². The molecule has 1 aromatic rings. The minimum atomic E-state index is -1.30. The minimum absolute atomic E-state index is 0.0656. The van der Waals surface area contributed by atoms with Crippen LogP contribution in [0, 0.1) is 5.92 Å². The SMILES string of the molecule is O=C(c1cccc(N2C(=O)C=CC2=O)c1)C1CC(=O)[N+](O)C1=O. The van der Waals surface area contributed by atoms with E-state index in [9.17, 15) is 29.2 Å². The molecule has 1 unspecified atom stereocenters. The minimum Gasteiger partial charge on any atom is -0.293 e. The Labute approximate surface area is 129 Å². The van der Waals surface area contributed by atoms with Crippen LogP contribution >= 0.6 is 0 Å². The summed E-state index contributed by atoms with van der Waals surface area (Å²) >= 11 is 0.